The smallest absolute Gasteiger partial charge is 0.264 e. The second-order valence-electron chi connectivity index (χ2n) is 6.11. The van der Waals surface area contributed by atoms with Gasteiger partial charge in [0.1, 0.15) is 0 Å². The third-order valence-electron chi connectivity index (χ3n) is 3.73. The van der Waals surface area contributed by atoms with Gasteiger partial charge >= 0.3 is 0 Å². The molecule has 0 unspecified atom stereocenters. The molecule has 0 bridgehead atoms. The molecule has 0 saturated heterocycles. The molecule has 0 spiro atoms. The third kappa shape index (κ3) is 12.2. The van der Waals surface area contributed by atoms with E-state index in [-0.39, 0.29) is 5.91 Å². The zero-order valence-electron chi connectivity index (χ0n) is 13.6. The summed E-state index contributed by atoms with van der Waals surface area (Å²) in [5.41, 5.74) is 3.03. The topological polar surface area (TPSA) is 29.1 Å². The Bertz CT molecular complexity index is 227. The standard InChI is InChI=1S/C16H34N2O/c1-5-7-8-9-10-11-12-13-14-15-16(19)17-18(3,4)6-2/h5-15H2,1-4H3/p+1. The van der Waals surface area contributed by atoms with E-state index < -0.39 is 0 Å². The minimum atomic E-state index is 0.190. The van der Waals surface area contributed by atoms with Gasteiger partial charge in [-0.1, -0.05) is 58.3 Å². The lowest BCUT2D eigenvalue weighted by atomic mass is 10.1. The van der Waals surface area contributed by atoms with Crippen LogP contribution < -0.4 is 5.43 Å². The highest BCUT2D eigenvalue weighted by molar-refractivity contribution is 5.74. The van der Waals surface area contributed by atoms with E-state index in [1.165, 1.54) is 51.4 Å². The second kappa shape index (κ2) is 11.3. The Morgan fingerprint density at radius 1 is 0.842 bits per heavy atom. The van der Waals surface area contributed by atoms with Gasteiger partial charge in [0.2, 0.25) is 0 Å². The number of carbonyl (C=O) groups is 1. The fourth-order valence-electron chi connectivity index (χ4n) is 2.07. The number of rotatable bonds is 12. The Labute approximate surface area is 120 Å². The van der Waals surface area contributed by atoms with Crippen molar-refractivity contribution >= 4 is 5.91 Å². The Morgan fingerprint density at radius 3 is 1.79 bits per heavy atom. The maximum Gasteiger partial charge on any atom is 0.264 e. The van der Waals surface area contributed by atoms with Crippen molar-refractivity contribution in [2.24, 2.45) is 0 Å². The Hall–Kier alpha value is -0.570. The number of quaternary nitrogens is 1. The van der Waals surface area contributed by atoms with Crippen molar-refractivity contribution in [3.8, 4) is 0 Å². The highest BCUT2D eigenvalue weighted by Gasteiger charge is 2.15. The quantitative estimate of drug-likeness (QED) is 0.324. The Kier molecular flexibility index (Phi) is 10.9. The second-order valence-corrected chi connectivity index (χ2v) is 6.11. The first-order valence-electron chi connectivity index (χ1n) is 8.16. The van der Waals surface area contributed by atoms with Crippen molar-refractivity contribution < 1.29 is 9.39 Å². The monoisotopic (exact) mass is 271 g/mol. The van der Waals surface area contributed by atoms with E-state index in [9.17, 15) is 4.79 Å². The van der Waals surface area contributed by atoms with Crippen molar-refractivity contribution in [2.75, 3.05) is 20.6 Å². The van der Waals surface area contributed by atoms with Gasteiger partial charge in [-0.05, 0) is 13.3 Å². The normalized spacial score (nSPS) is 11.6. The molecule has 0 radical (unpaired) electrons. The van der Waals surface area contributed by atoms with Gasteiger partial charge in [0.05, 0.1) is 20.6 Å². The van der Waals surface area contributed by atoms with Gasteiger partial charge in [-0.25, -0.2) is 10.0 Å². The lowest BCUT2D eigenvalue weighted by Crippen LogP contribution is -2.54. The fraction of sp³-hybridized carbons (Fsp3) is 0.938. The highest BCUT2D eigenvalue weighted by Crippen LogP contribution is 2.10. The summed E-state index contributed by atoms with van der Waals surface area (Å²) < 4.78 is 0.580. The van der Waals surface area contributed by atoms with E-state index in [0.29, 0.717) is 11.0 Å². The molecule has 0 aliphatic rings. The molecule has 19 heavy (non-hydrogen) atoms. The number of carbonyl (C=O) groups excluding carboxylic acids is 1. The molecule has 0 saturated carbocycles. The van der Waals surface area contributed by atoms with E-state index in [1.54, 1.807) is 0 Å². The van der Waals surface area contributed by atoms with Crippen LogP contribution in [0.15, 0.2) is 0 Å². The van der Waals surface area contributed by atoms with E-state index in [1.807, 2.05) is 14.1 Å². The molecule has 1 N–H and O–H groups in total. The summed E-state index contributed by atoms with van der Waals surface area (Å²) in [7, 11) is 4.04. The maximum atomic E-state index is 11.7. The van der Waals surface area contributed by atoms with E-state index in [0.717, 1.165) is 13.0 Å². The third-order valence-corrected chi connectivity index (χ3v) is 3.73. The van der Waals surface area contributed by atoms with Crippen molar-refractivity contribution in [1.29, 1.82) is 0 Å². The molecule has 1 amide bonds. The minimum absolute atomic E-state index is 0.190. The number of nitrogens with zero attached hydrogens (tertiary/aromatic N) is 1. The van der Waals surface area contributed by atoms with Crippen LogP contribution in [-0.2, 0) is 4.79 Å². The van der Waals surface area contributed by atoms with Gasteiger partial charge in [-0.2, -0.15) is 0 Å². The van der Waals surface area contributed by atoms with Crippen molar-refractivity contribution in [3.05, 3.63) is 0 Å². The van der Waals surface area contributed by atoms with Gasteiger partial charge < -0.3 is 0 Å². The minimum Gasteiger partial charge on any atom is -0.270 e. The van der Waals surface area contributed by atoms with Gasteiger partial charge in [-0.15, -0.1) is 0 Å². The molecule has 0 atom stereocenters. The first kappa shape index (κ1) is 18.4. The van der Waals surface area contributed by atoms with Crippen LogP contribution in [0.25, 0.3) is 0 Å². The molecule has 0 aromatic heterocycles. The first-order valence-corrected chi connectivity index (χ1v) is 8.16. The Balaban J connectivity index is 3.32. The van der Waals surface area contributed by atoms with Crippen LogP contribution in [0.3, 0.4) is 0 Å². The maximum absolute atomic E-state index is 11.7. The van der Waals surface area contributed by atoms with E-state index in [2.05, 4.69) is 19.3 Å². The van der Waals surface area contributed by atoms with Gasteiger partial charge in [0.15, 0.2) is 0 Å². The summed E-state index contributed by atoms with van der Waals surface area (Å²) in [5.74, 6) is 0.190. The number of amides is 1. The molecule has 0 heterocycles. The molecule has 3 nitrogen and oxygen atoms in total. The molecule has 0 aliphatic heterocycles. The van der Waals surface area contributed by atoms with E-state index >= 15 is 0 Å². The Morgan fingerprint density at radius 2 is 1.32 bits per heavy atom. The molecular weight excluding hydrogens is 236 g/mol. The summed E-state index contributed by atoms with van der Waals surface area (Å²) in [5, 5.41) is 0. The van der Waals surface area contributed by atoms with Crippen LogP contribution in [0.2, 0.25) is 0 Å². The molecule has 0 fully saturated rings. The van der Waals surface area contributed by atoms with Crippen LogP contribution in [-0.4, -0.2) is 31.1 Å². The number of hydrogen-bond donors (Lipinski definition) is 1. The van der Waals surface area contributed by atoms with Crippen LogP contribution in [0.5, 0.6) is 0 Å². The largest absolute Gasteiger partial charge is 0.270 e. The van der Waals surface area contributed by atoms with Crippen LogP contribution >= 0.6 is 0 Å². The first-order chi connectivity index (χ1) is 9.02. The highest BCUT2D eigenvalue weighted by atomic mass is 16.2. The zero-order valence-corrected chi connectivity index (χ0v) is 13.6. The van der Waals surface area contributed by atoms with Crippen LogP contribution in [0.1, 0.15) is 78.1 Å². The summed E-state index contributed by atoms with van der Waals surface area (Å²) in [6, 6.07) is 0. The van der Waals surface area contributed by atoms with Gasteiger partial charge in [0, 0.05) is 6.42 Å². The lowest BCUT2D eigenvalue weighted by Gasteiger charge is -2.27. The lowest BCUT2D eigenvalue weighted by molar-refractivity contribution is -0.923. The van der Waals surface area contributed by atoms with Crippen LogP contribution in [0, 0.1) is 0 Å². The van der Waals surface area contributed by atoms with Crippen molar-refractivity contribution in [2.45, 2.75) is 78.1 Å². The molecule has 0 aliphatic carbocycles. The average molecular weight is 271 g/mol. The van der Waals surface area contributed by atoms with Crippen molar-refractivity contribution in [3.63, 3.8) is 0 Å². The van der Waals surface area contributed by atoms with Crippen molar-refractivity contribution in [1.82, 2.24) is 5.43 Å². The summed E-state index contributed by atoms with van der Waals surface area (Å²) >= 11 is 0. The fourth-order valence-corrected chi connectivity index (χ4v) is 2.07. The van der Waals surface area contributed by atoms with Crippen LogP contribution in [0.4, 0.5) is 0 Å². The zero-order chi connectivity index (χ0) is 14.6. The summed E-state index contributed by atoms with van der Waals surface area (Å²) in [6.45, 7) is 5.26. The SMILES string of the molecule is CCCCCCCCCCCC(=O)N[N+](C)(C)CC. The summed E-state index contributed by atoms with van der Waals surface area (Å²) in [6.07, 6.45) is 12.4. The molecule has 114 valence electrons. The van der Waals surface area contributed by atoms with Gasteiger partial charge in [0.25, 0.3) is 5.91 Å². The predicted octanol–water partition coefficient (Wildman–Crippen LogP) is 4.03. The average Bonchev–Trinajstić information content (AvgIpc) is 2.36. The molecular formula is C16H35N2O+. The van der Waals surface area contributed by atoms with Gasteiger partial charge in [-0.3, -0.25) is 4.79 Å². The number of hydrogen-bond acceptors (Lipinski definition) is 1. The molecule has 0 aromatic rings. The molecule has 3 heteroatoms. The van der Waals surface area contributed by atoms with E-state index in [4.69, 9.17) is 0 Å². The predicted molar refractivity (Wildman–Crippen MR) is 82.6 cm³/mol. The summed E-state index contributed by atoms with van der Waals surface area (Å²) in [4.78, 5) is 11.7. The molecule has 0 aromatic carbocycles. The molecule has 0 rings (SSSR count). The number of unbranched alkanes of at least 4 members (excludes halogenated alkanes) is 8. The number of nitrogens with one attached hydrogen (secondary N) is 1.